The number of nitrogens with zero attached hydrogens (tertiary/aromatic N) is 3. The average molecular weight is 235 g/mol. The zero-order chi connectivity index (χ0) is 12.4. The molecule has 1 atom stereocenters. The van der Waals surface area contributed by atoms with Crippen molar-refractivity contribution in [2.24, 2.45) is 7.05 Å². The van der Waals surface area contributed by atoms with E-state index >= 15 is 0 Å². The van der Waals surface area contributed by atoms with Gasteiger partial charge in [0.2, 0.25) is 0 Å². The molecular formula is C13H21N3O. The van der Waals surface area contributed by atoms with E-state index in [0.29, 0.717) is 11.6 Å². The Morgan fingerprint density at radius 3 is 2.94 bits per heavy atom. The second-order valence-electron chi connectivity index (χ2n) is 4.87. The third-order valence-electron chi connectivity index (χ3n) is 3.63. The number of carbonyl (C=O) groups is 1. The molecular weight excluding hydrogens is 214 g/mol. The third kappa shape index (κ3) is 2.57. The van der Waals surface area contributed by atoms with Crippen molar-refractivity contribution in [3.05, 3.63) is 17.5 Å². The van der Waals surface area contributed by atoms with Gasteiger partial charge in [-0.2, -0.15) is 5.10 Å². The Labute approximate surface area is 103 Å². The fourth-order valence-corrected chi connectivity index (χ4v) is 2.60. The Hall–Kier alpha value is -1.16. The van der Waals surface area contributed by atoms with Crippen LogP contribution in [0.1, 0.15) is 48.8 Å². The Morgan fingerprint density at radius 2 is 2.35 bits per heavy atom. The maximum atomic E-state index is 11.4. The SMILES string of the molecule is CCN1CCCC(c2cc(C(C)=O)n(C)n2)C1. The molecule has 4 heteroatoms. The molecule has 0 amide bonds. The lowest BCUT2D eigenvalue weighted by molar-refractivity contribution is 0.100. The van der Waals surface area contributed by atoms with E-state index in [1.54, 1.807) is 11.6 Å². The van der Waals surface area contributed by atoms with Crippen LogP contribution in [0.2, 0.25) is 0 Å². The highest BCUT2D eigenvalue weighted by atomic mass is 16.1. The number of Topliss-reactive ketones (excluding diaryl/α,β-unsaturated/α-hetero) is 1. The predicted octanol–water partition coefficient (Wildman–Crippen LogP) is 1.82. The van der Waals surface area contributed by atoms with E-state index < -0.39 is 0 Å². The summed E-state index contributed by atoms with van der Waals surface area (Å²) < 4.78 is 1.71. The van der Waals surface area contributed by atoms with Gasteiger partial charge in [0.05, 0.1) is 5.69 Å². The first-order chi connectivity index (χ1) is 8.11. The number of hydrogen-bond donors (Lipinski definition) is 0. The molecule has 0 saturated carbocycles. The highest BCUT2D eigenvalue weighted by Crippen LogP contribution is 2.26. The molecule has 1 unspecified atom stereocenters. The maximum Gasteiger partial charge on any atom is 0.177 e. The normalized spacial score (nSPS) is 21.7. The molecule has 17 heavy (non-hydrogen) atoms. The molecule has 1 aromatic rings. The zero-order valence-electron chi connectivity index (χ0n) is 10.9. The number of aromatic nitrogens is 2. The molecule has 1 fully saturated rings. The van der Waals surface area contributed by atoms with Crippen LogP contribution < -0.4 is 0 Å². The van der Waals surface area contributed by atoms with Gasteiger partial charge in [-0.05, 0) is 32.0 Å². The minimum Gasteiger partial charge on any atom is -0.303 e. The van der Waals surface area contributed by atoms with Crippen LogP contribution in [0.5, 0.6) is 0 Å². The Balaban J connectivity index is 2.16. The van der Waals surface area contributed by atoms with Gasteiger partial charge in [-0.15, -0.1) is 0 Å². The molecule has 1 aromatic heterocycles. The number of hydrogen-bond acceptors (Lipinski definition) is 3. The maximum absolute atomic E-state index is 11.4. The van der Waals surface area contributed by atoms with E-state index in [0.717, 1.165) is 18.8 Å². The third-order valence-corrected chi connectivity index (χ3v) is 3.63. The van der Waals surface area contributed by atoms with Gasteiger partial charge in [0, 0.05) is 26.4 Å². The van der Waals surface area contributed by atoms with Gasteiger partial charge in [-0.3, -0.25) is 9.48 Å². The van der Waals surface area contributed by atoms with E-state index in [2.05, 4.69) is 16.9 Å². The Bertz CT molecular complexity index is 411. The van der Waals surface area contributed by atoms with E-state index in [1.807, 2.05) is 13.1 Å². The summed E-state index contributed by atoms with van der Waals surface area (Å²) in [4.78, 5) is 13.9. The molecule has 1 saturated heterocycles. The van der Waals surface area contributed by atoms with Crippen molar-refractivity contribution >= 4 is 5.78 Å². The monoisotopic (exact) mass is 235 g/mol. The highest BCUT2D eigenvalue weighted by molar-refractivity contribution is 5.92. The number of aryl methyl sites for hydroxylation is 1. The van der Waals surface area contributed by atoms with E-state index in [9.17, 15) is 4.79 Å². The summed E-state index contributed by atoms with van der Waals surface area (Å²) in [7, 11) is 1.85. The molecule has 0 aliphatic carbocycles. The molecule has 0 N–H and O–H groups in total. The van der Waals surface area contributed by atoms with Crippen molar-refractivity contribution in [2.45, 2.75) is 32.6 Å². The van der Waals surface area contributed by atoms with Gasteiger partial charge in [0.15, 0.2) is 5.78 Å². The summed E-state index contributed by atoms with van der Waals surface area (Å²) in [5.41, 5.74) is 1.80. The minimum atomic E-state index is 0.0920. The first-order valence-corrected chi connectivity index (χ1v) is 6.39. The van der Waals surface area contributed by atoms with Crippen LogP contribution in [0, 0.1) is 0 Å². The van der Waals surface area contributed by atoms with E-state index in [1.165, 1.54) is 19.4 Å². The van der Waals surface area contributed by atoms with E-state index in [4.69, 9.17) is 0 Å². The summed E-state index contributed by atoms with van der Waals surface area (Å²) in [6.07, 6.45) is 2.41. The highest BCUT2D eigenvalue weighted by Gasteiger charge is 2.23. The fourth-order valence-electron chi connectivity index (χ4n) is 2.60. The molecule has 1 aliphatic heterocycles. The number of ketones is 1. The largest absolute Gasteiger partial charge is 0.303 e. The Morgan fingerprint density at radius 1 is 1.59 bits per heavy atom. The van der Waals surface area contributed by atoms with Gasteiger partial charge in [-0.1, -0.05) is 6.92 Å². The molecule has 0 spiro atoms. The number of piperidine rings is 1. The van der Waals surface area contributed by atoms with Crippen molar-refractivity contribution < 1.29 is 4.79 Å². The molecule has 2 rings (SSSR count). The predicted molar refractivity (Wildman–Crippen MR) is 67.3 cm³/mol. The standard InChI is InChI=1S/C13H21N3O/c1-4-16-7-5-6-11(9-16)12-8-13(10(2)17)15(3)14-12/h8,11H,4-7,9H2,1-3H3. The fraction of sp³-hybridized carbons (Fsp3) is 0.692. The van der Waals surface area contributed by atoms with Gasteiger partial charge < -0.3 is 4.90 Å². The topological polar surface area (TPSA) is 38.1 Å². The quantitative estimate of drug-likeness (QED) is 0.750. The molecule has 2 heterocycles. The van der Waals surface area contributed by atoms with Crippen molar-refractivity contribution in [3.8, 4) is 0 Å². The lowest BCUT2D eigenvalue weighted by Crippen LogP contribution is -2.34. The second-order valence-corrected chi connectivity index (χ2v) is 4.87. The van der Waals surface area contributed by atoms with Crippen LogP contribution in [0.15, 0.2) is 6.07 Å². The van der Waals surface area contributed by atoms with Gasteiger partial charge >= 0.3 is 0 Å². The van der Waals surface area contributed by atoms with Crippen LogP contribution >= 0.6 is 0 Å². The molecule has 4 nitrogen and oxygen atoms in total. The van der Waals surface area contributed by atoms with Gasteiger partial charge in [-0.25, -0.2) is 0 Å². The number of likely N-dealkylation sites (tertiary alicyclic amines) is 1. The summed E-state index contributed by atoms with van der Waals surface area (Å²) in [6.45, 7) is 7.16. The average Bonchev–Trinajstić information content (AvgIpc) is 2.71. The number of rotatable bonds is 3. The first-order valence-electron chi connectivity index (χ1n) is 6.39. The Kier molecular flexibility index (Phi) is 3.62. The first kappa shape index (κ1) is 12.3. The van der Waals surface area contributed by atoms with Crippen LogP contribution in [0.3, 0.4) is 0 Å². The molecule has 1 aliphatic rings. The van der Waals surface area contributed by atoms with Crippen LogP contribution in [0.25, 0.3) is 0 Å². The molecule has 0 bridgehead atoms. The molecule has 0 aromatic carbocycles. The number of carbonyl (C=O) groups excluding carboxylic acids is 1. The van der Waals surface area contributed by atoms with Crippen molar-refractivity contribution in [2.75, 3.05) is 19.6 Å². The van der Waals surface area contributed by atoms with Crippen LogP contribution in [-0.2, 0) is 7.05 Å². The summed E-state index contributed by atoms with van der Waals surface area (Å²) >= 11 is 0. The summed E-state index contributed by atoms with van der Waals surface area (Å²) in [6, 6.07) is 1.96. The summed E-state index contributed by atoms with van der Waals surface area (Å²) in [5, 5.41) is 4.49. The van der Waals surface area contributed by atoms with Crippen molar-refractivity contribution in [1.29, 1.82) is 0 Å². The second kappa shape index (κ2) is 5.00. The number of likely N-dealkylation sites (N-methyl/N-ethyl adjacent to an activating group) is 1. The van der Waals surface area contributed by atoms with Crippen molar-refractivity contribution in [3.63, 3.8) is 0 Å². The zero-order valence-corrected chi connectivity index (χ0v) is 10.9. The van der Waals surface area contributed by atoms with Crippen LogP contribution in [-0.4, -0.2) is 40.1 Å². The molecule has 0 radical (unpaired) electrons. The van der Waals surface area contributed by atoms with Crippen molar-refractivity contribution in [1.82, 2.24) is 14.7 Å². The van der Waals surface area contributed by atoms with Gasteiger partial charge in [0.1, 0.15) is 5.69 Å². The van der Waals surface area contributed by atoms with Gasteiger partial charge in [0.25, 0.3) is 0 Å². The van der Waals surface area contributed by atoms with Crippen LogP contribution in [0.4, 0.5) is 0 Å². The summed E-state index contributed by atoms with van der Waals surface area (Å²) in [5.74, 6) is 0.581. The van der Waals surface area contributed by atoms with E-state index in [-0.39, 0.29) is 5.78 Å². The lowest BCUT2D eigenvalue weighted by atomic mass is 9.94. The smallest absolute Gasteiger partial charge is 0.177 e. The minimum absolute atomic E-state index is 0.0920. The lowest BCUT2D eigenvalue weighted by Gasteiger charge is -2.30. The molecule has 94 valence electrons.